The summed E-state index contributed by atoms with van der Waals surface area (Å²) in [5, 5.41) is 3.46. The molecule has 0 saturated heterocycles. The third kappa shape index (κ3) is 2.99. The molecule has 0 unspecified atom stereocenters. The van der Waals surface area contributed by atoms with E-state index in [9.17, 15) is 9.59 Å². The van der Waals surface area contributed by atoms with Gasteiger partial charge in [-0.3, -0.25) is 4.79 Å². The number of ether oxygens (including phenoxy) is 1. The average Bonchev–Trinajstić information content (AvgIpc) is 3.08. The first kappa shape index (κ1) is 16.5. The summed E-state index contributed by atoms with van der Waals surface area (Å²) < 4.78 is 5.21. The van der Waals surface area contributed by atoms with Gasteiger partial charge >= 0.3 is 5.97 Å². The number of rotatable bonds is 6. The van der Waals surface area contributed by atoms with Gasteiger partial charge in [-0.05, 0) is 30.0 Å². The number of fused-ring (bicyclic) bond motifs is 3. The van der Waals surface area contributed by atoms with Gasteiger partial charge in [-0.2, -0.15) is 0 Å². The maximum atomic E-state index is 12.4. The van der Waals surface area contributed by atoms with Crippen LogP contribution in [0.1, 0.15) is 41.3 Å². The first-order chi connectivity index (χ1) is 11.7. The van der Waals surface area contributed by atoms with E-state index in [0.717, 1.165) is 16.0 Å². The molecular formula is C19H19NO3S. The Morgan fingerprint density at radius 3 is 2.92 bits per heavy atom. The molecule has 0 bridgehead atoms. The van der Waals surface area contributed by atoms with E-state index in [1.54, 1.807) is 13.0 Å². The minimum Gasteiger partial charge on any atom is -0.462 e. The third-order valence-electron chi connectivity index (χ3n) is 3.94. The van der Waals surface area contributed by atoms with Crippen LogP contribution in [-0.4, -0.2) is 18.5 Å². The number of carbonyl (C=O) groups excluding carboxylic acids is 2. The van der Waals surface area contributed by atoms with Crippen LogP contribution >= 0.6 is 11.3 Å². The highest BCUT2D eigenvalue weighted by Crippen LogP contribution is 2.47. The van der Waals surface area contributed by atoms with Gasteiger partial charge < -0.3 is 10.1 Å². The molecule has 0 atom stereocenters. The zero-order valence-electron chi connectivity index (χ0n) is 13.6. The van der Waals surface area contributed by atoms with Crippen LogP contribution in [0, 0.1) is 0 Å². The minimum atomic E-state index is -0.373. The van der Waals surface area contributed by atoms with Gasteiger partial charge in [-0.25, -0.2) is 4.79 Å². The fraction of sp³-hybridized carbons (Fsp3) is 0.263. The number of benzene rings is 1. The number of hydrogen-bond acceptors (Lipinski definition) is 4. The fourth-order valence-electron chi connectivity index (χ4n) is 2.87. The van der Waals surface area contributed by atoms with E-state index in [2.05, 4.69) is 24.0 Å². The first-order valence-corrected chi connectivity index (χ1v) is 8.79. The summed E-state index contributed by atoms with van der Waals surface area (Å²) in [5.41, 5.74) is 3.79. The second-order valence-electron chi connectivity index (χ2n) is 5.54. The predicted molar refractivity (Wildman–Crippen MR) is 96.6 cm³/mol. The lowest BCUT2D eigenvalue weighted by atomic mass is 10.1. The third-order valence-corrected chi connectivity index (χ3v) is 5.13. The molecule has 1 amide bonds. The number of amides is 1. The van der Waals surface area contributed by atoms with Crippen molar-refractivity contribution < 1.29 is 14.3 Å². The average molecular weight is 341 g/mol. The highest BCUT2D eigenvalue weighted by Gasteiger charge is 2.31. The molecule has 1 aromatic carbocycles. The predicted octanol–water partition coefficient (Wildman–Crippen LogP) is 4.40. The topological polar surface area (TPSA) is 55.4 Å². The fourth-order valence-corrected chi connectivity index (χ4v) is 4.15. The van der Waals surface area contributed by atoms with Crippen LogP contribution < -0.4 is 5.32 Å². The smallest absolute Gasteiger partial charge is 0.341 e. The van der Waals surface area contributed by atoms with E-state index < -0.39 is 0 Å². The van der Waals surface area contributed by atoms with Crippen molar-refractivity contribution in [2.75, 3.05) is 11.9 Å². The molecule has 0 spiro atoms. The summed E-state index contributed by atoms with van der Waals surface area (Å²) in [4.78, 5) is 25.6. The molecule has 124 valence electrons. The molecule has 1 aliphatic rings. The van der Waals surface area contributed by atoms with Gasteiger partial charge in [0.15, 0.2) is 0 Å². The molecule has 1 heterocycles. The standard InChI is InChI=1S/C19H19NO3S/c1-3-5-10-15(21)20-18-16(19(22)23-4-2)14-11-12-8-6-7-9-13(12)17(14)24-18/h3,6-9H,1,4-5,10-11H2,2H3,(H,20,21). The molecular weight excluding hydrogens is 322 g/mol. The monoisotopic (exact) mass is 341 g/mol. The number of hydrogen-bond donors (Lipinski definition) is 1. The first-order valence-electron chi connectivity index (χ1n) is 7.97. The summed E-state index contributed by atoms with van der Waals surface area (Å²) in [6, 6.07) is 8.10. The van der Waals surface area contributed by atoms with E-state index in [4.69, 9.17) is 4.74 Å². The van der Waals surface area contributed by atoms with Crippen molar-refractivity contribution in [3.63, 3.8) is 0 Å². The number of esters is 1. The van der Waals surface area contributed by atoms with E-state index in [-0.39, 0.29) is 11.9 Å². The van der Waals surface area contributed by atoms with Crippen molar-refractivity contribution in [3.8, 4) is 10.4 Å². The Morgan fingerprint density at radius 2 is 2.17 bits per heavy atom. The SMILES string of the molecule is C=CCCC(=O)Nc1sc2c(c1C(=O)OCC)Cc1ccccc1-2. The van der Waals surface area contributed by atoms with Crippen molar-refractivity contribution in [2.24, 2.45) is 0 Å². The van der Waals surface area contributed by atoms with Crippen molar-refractivity contribution in [2.45, 2.75) is 26.2 Å². The van der Waals surface area contributed by atoms with E-state index >= 15 is 0 Å². The van der Waals surface area contributed by atoms with Crippen LogP contribution in [0.2, 0.25) is 0 Å². The second-order valence-corrected chi connectivity index (χ2v) is 6.56. The Balaban J connectivity index is 1.99. The van der Waals surface area contributed by atoms with Crippen LogP contribution in [0.3, 0.4) is 0 Å². The molecule has 0 fully saturated rings. The lowest BCUT2D eigenvalue weighted by Gasteiger charge is -2.08. The van der Waals surface area contributed by atoms with Crippen LogP contribution in [0.4, 0.5) is 5.00 Å². The van der Waals surface area contributed by atoms with Crippen LogP contribution in [0.15, 0.2) is 36.9 Å². The molecule has 0 saturated carbocycles. The molecule has 4 nitrogen and oxygen atoms in total. The molecule has 0 aliphatic heterocycles. The highest BCUT2D eigenvalue weighted by molar-refractivity contribution is 7.20. The Kier molecular flexibility index (Phi) is 4.81. The van der Waals surface area contributed by atoms with Crippen molar-refractivity contribution in [1.82, 2.24) is 0 Å². The Bertz CT molecular complexity index is 807. The van der Waals surface area contributed by atoms with Crippen LogP contribution in [0.25, 0.3) is 10.4 Å². The zero-order chi connectivity index (χ0) is 17.1. The maximum Gasteiger partial charge on any atom is 0.341 e. The summed E-state index contributed by atoms with van der Waals surface area (Å²) >= 11 is 1.45. The van der Waals surface area contributed by atoms with E-state index in [1.165, 1.54) is 16.9 Å². The van der Waals surface area contributed by atoms with Crippen LogP contribution in [-0.2, 0) is 16.0 Å². The molecule has 1 aromatic heterocycles. The normalized spacial score (nSPS) is 11.5. The molecule has 1 N–H and O–H groups in total. The Hall–Kier alpha value is -2.40. The molecule has 0 radical (unpaired) electrons. The largest absolute Gasteiger partial charge is 0.462 e. The van der Waals surface area contributed by atoms with Gasteiger partial charge in [-0.1, -0.05) is 30.3 Å². The Labute approximate surface area is 145 Å². The number of thiophene rings is 1. The van der Waals surface area contributed by atoms with Gasteiger partial charge in [0.05, 0.1) is 12.2 Å². The maximum absolute atomic E-state index is 12.4. The lowest BCUT2D eigenvalue weighted by Crippen LogP contribution is -2.14. The van der Waals surface area contributed by atoms with Crippen LogP contribution in [0.5, 0.6) is 0 Å². The number of nitrogens with one attached hydrogen (secondary N) is 1. The van der Waals surface area contributed by atoms with E-state index in [0.29, 0.717) is 36.4 Å². The summed E-state index contributed by atoms with van der Waals surface area (Å²) in [6.07, 6.45) is 3.36. The second kappa shape index (κ2) is 7.01. The molecule has 24 heavy (non-hydrogen) atoms. The minimum absolute atomic E-state index is 0.117. The van der Waals surface area contributed by atoms with Crippen molar-refractivity contribution in [3.05, 3.63) is 53.6 Å². The molecule has 2 aromatic rings. The van der Waals surface area contributed by atoms with Gasteiger partial charge in [0, 0.05) is 17.7 Å². The quantitative estimate of drug-likeness (QED) is 0.534. The van der Waals surface area contributed by atoms with E-state index in [1.807, 2.05) is 12.1 Å². The zero-order valence-corrected chi connectivity index (χ0v) is 14.4. The molecule has 5 heteroatoms. The summed E-state index contributed by atoms with van der Waals surface area (Å²) in [6.45, 7) is 5.71. The highest BCUT2D eigenvalue weighted by atomic mass is 32.1. The van der Waals surface area contributed by atoms with Gasteiger partial charge in [-0.15, -0.1) is 17.9 Å². The van der Waals surface area contributed by atoms with Gasteiger partial charge in [0.2, 0.25) is 5.91 Å². The lowest BCUT2D eigenvalue weighted by molar-refractivity contribution is -0.116. The number of allylic oxidation sites excluding steroid dienone is 1. The number of anilines is 1. The summed E-state index contributed by atoms with van der Waals surface area (Å²) in [7, 11) is 0. The number of carbonyl (C=O) groups is 2. The summed E-state index contributed by atoms with van der Waals surface area (Å²) in [5.74, 6) is -0.490. The van der Waals surface area contributed by atoms with Crippen molar-refractivity contribution in [1.29, 1.82) is 0 Å². The Morgan fingerprint density at radius 1 is 1.38 bits per heavy atom. The van der Waals surface area contributed by atoms with Gasteiger partial charge in [0.1, 0.15) is 5.00 Å². The molecule has 1 aliphatic carbocycles. The molecule has 3 rings (SSSR count). The van der Waals surface area contributed by atoms with Crippen molar-refractivity contribution >= 4 is 28.2 Å². The van der Waals surface area contributed by atoms with Gasteiger partial charge in [0.25, 0.3) is 0 Å².